The Hall–Kier alpha value is -1.81. The zero-order valence-corrected chi connectivity index (χ0v) is 9.97. The van der Waals surface area contributed by atoms with Crippen molar-refractivity contribution in [1.82, 2.24) is 4.98 Å². The summed E-state index contributed by atoms with van der Waals surface area (Å²) in [5.74, 6) is 0. The maximum Gasteiger partial charge on any atom is 0.271 e. The van der Waals surface area contributed by atoms with Crippen molar-refractivity contribution >= 4 is 28.2 Å². The summed E-state index contributed by atoms with van der Waals surface area (Å²) in [5.41, 5.74) is 0.161. The van der Waals surface area contributed by atoms with E-state index in [1.165, 1.54) is 6.07 Å². The zero-order chi connectivity index (χ0) is 12.4. The molecule has 0 fully saturated rings. The van der Waals surface area contributed by atoms with E-state index >= 15 is 0 Å². The molecule has 1 aromatic carbocycles. The minimum absolute atomic E-state index is 0.217. The van der Waals surface area contributed by atoms with Gasteiger partial charge in [-0.25, -0.2) is 0 Å². The molecule has 0 atom stereocenters. The van der Waals surface area contributed by atoms with E-state index in [-0.39, 0.29) is 16.7 Å². The molecule has 4 nitrogen and oxygen atoms in total. The van der Waals surface area contributed by atoms with E-state index in [0.29, 0.717) is 22.5 Å². The van der Waals surface area contributed by atoms with Crippen molar-refractivity contribution in [3.63, 3.8) is 0 Å². The van der Waals surface area contributed by atoms with Crippen molar-refractivity contribution in [1.29, 1.82) is 0 Å². The number of rotatable bonds is 2. The predicted octanol–water partition coefficient (Wildman–Crippen LogP) is 1.97. The third kappa shape index (κ3) is 2.31. The molecule has 17 heavy (non-hydrogen) atoms. The van der Waals surface area contributed by atoms with Gasteiger partial charge in [-0.3, -0.25) is 9.59 Å². The molecule has 2 aromatic rings. The molecule has 2 rings (SSSR count). The van der Waals surface area contributed by atoms with Crippen molar-refractivity contribution in [3.8, 4) is 0 Å². The van der Waals surface area contributed by atoms with Crippen LogP contribution in [0.25, 0.3) is 10.9 Å². The van der Waals surface area contributed by atoms with Crippen LogP contribution in [0.3, 0.4) is 0 Å². The highest BCUT2D eigenvalue weighted by Crippen LogP contribution is 2.13. The average Bonchev–Trinajstić information content (AvgIpc) is 2.38. The lowest BCUT2D eigenvalue weighted by Crippen LogP contribution is -2.11. The van der Waals surface area contributed by atoms with Gasteiger partial charge in [0.2, 0.25) is 0 Å². The molecule has 2 N–H and O–H groups in total. The number of H-pyrrole nitrogens is 1. The molecule has 0 bridgehead atoms. The van der Waals surface area contributed by atoms with Crippen molar-refractivity contribution in [2.75, 3.05) is 11.9 Å². The lowest BCUT2D eigenvalue weighted by Gasteiger charge is -1.95. The average molecular weight is 251 g/mol. The normalized spacial score (nSPS) is 10.5. The highest BCUT2D eigenvalue weighted by atomic mass is 35.5. The van der Waals surface area contributed by atoms with Crippen molar-refractivity contribution in [2.24, 2.45) is 0 Å². The molecular formula is C12H11ClN2O2. The van der Waals surface area contributed by atoms with Crippen LogP contribution in [0.1, 0.15) is 6.92 Å². The second-order valence-corrected chi connectivity index (χ2v) is 4.03. The van der Waals surface area contributed by atoms with Gasteiger partial charge in [-0.05, 0) is 25.1 Å². The Morgan fingerprint density at radius 2 is 2.06 bits per heavy atom. The molecule has 5 heteroatoms. The Bertz CT molecular complexity index is 679. The molecule has 0 unspecified atom stereocenters. The van der Waals surface area contributed by atoms with E-state index in [4.69, 9.17) is 11.6 Å². The number of hydrogen-bond donors (Lipinski definition) is 2. The monoisotopic (exact) mass is 250 g/mol. The fourth-order valence-electron chi connectivity index (χ4n) is 1.62. The number of hydrogen-bond acceptors (Lipinski definition) is 3. The third-order valence-electron chi connectivity index (χ3n) is 2.38. The lowest BCUT2D eigenvalue weighted by molar-refractivity contribution is 1.18. The van der Waals surface area contributed by atoms with E-state index in [2.05, 4.69) is 10.3 Å². The van der Waals surface area contributed by atoms with Gasteiger partial charge in [0.15, 0.2) is 5.43 Å². The maximum atomic E-state index is 11.9. The predicted molar refractivity (Wildman–Crippen MR) is 70.0 cm³/mol. The number of aromatic nitrogens is 1. The zero-order valence-electron chi connectivity index (χ0n) is 9.21. The van der Waals surface area contributed by atoms with Gasteiger partial charge >= 0.3 is 0 Å². The van der Waals surface area contributed by atoms with Gasteiger partial charge in [-0.15, -0.1) is 0 Å². The summed E-state index contributed by atoms with van der Waals surface area (Å²) < 4.78 is 0. The van der Waals surface area contributed by atoms with Crippen LogP contribution in [0, 0.1) is 0 Å². The molecule has 0 aliphatic rings. The van der Waals surface area contributed by atoms with Crippen molar-refractivity contribution in [3.05, 3.63) is 49.9 Å². The highest BCUT2D eigenvalue weighted by molar-refractivity contribution is 6.31. The minimum atomic E-state index is -0.332. The highest BCUT2D eigenvalue weighted by Gasteiger charge is 2.03. The molecule has 1 heterocycles. The summed E-state index contributed by atoms with van der Waals surface area (Å²) in [6.45, 7) is 2.43. The van der Waals surface area contributed by atoms with E-state index in [1.807, 2.05) is 6.92 Å². The summed E-state index contributed by atoms with van der Waals surface area (Å²) in [4.78, 5) is 26.3. The van der Waals surface area contributed by atoms with Crippen LogP contribution in [0.5, 0.6) is 0 Å². The van der Waals surface area contributed by atoms with Crippen LogP contribution in [0.15, 0.2) is 33.9 Å². The fourth-order valence-corrected chi connectivity index (χ4v) is 1.79. The van der Waals surface area contributed by atoms with Crippen molar-refractivity contribution in [2.45, 2.75) is 6.92 Å². The summed E-state index contributed by atoms with van der Waals surface area (Å²) in [6.07, 6.45) is 0. The third-order valence-corrected chi connectivity index (χ3v) is 2.62. The number of benzene rings is 1. The van der Waals surface area contributed by atoms with Crippen LogP contribution in [0.4, 0.5) is 5.69 Å². The number of nitrogens with one attached hydrogen (secondary N) is 2. The number of halogens is 1. The standard InChI is InChI=1S/C12H11ClN2O2/c1-2-14-10-6-11(16)8-4-3-7(13)5-9(8)15-12(10)17/h3-6,14H,2H2,1H3,(H,15,17). The number of fused-ring (bicyclic) bond motifs is 1. The first kappa shape index (κ1) is 11.7. The van der Waals surface area contributed by atoms with Gasteiger partial charge in [0.25, 0.3) is 5.56 Å². The van der Waals surface area contributed by atoms with Crippen LogP contribution in [-0.4, -0.2) is 11.5 Å². The van der Waals surface area contributed by atoms with Gasteiger partial charge in [-0.2, -0.15) is 0 Å². The molecule has 88 valence electrons. The van der Waals surface area contributed by atoms with Crippen LogP contribution < -0.4 is 16.3 Å². The fraction of sp³-hybridized carbons (Fsp3) is 0.167. The molecule has 0 amide bonds. The first-order valence-corrected chi connectivity index (χ1v) is 5.60. The van der Waals surface area contributed by atoms with Gasteiger partial charge in [-0.1, -0.05) is 11.6 Å². The Morgan fingerprint density at radius 1 is 1.29 bits per heavy atom. The van der Waals surface area contributed by atoms with E-state index in [9.17, 15) is 9.59 Å². The second-order valence-electron chi connectivity index (χ2n) is 3.60. The Balaban J connectivity index is 2.88. The second kappa shape index (κ2) is 4.59. The summed E-state index contributed by atoms with van der Waals surface area (Å²) in [6, 6.07) is 6.09. The molecule has 0 aliphatic carbocycles. The molecule has 0 radical (unpaired) electrons. The maximum absolute atomic E-state index is 11.9. The van der Waals surface area contributed by atoms with Crippen LogP contribution in [0.2, 0.25) is 5.02 Å². The van der Waals surface area contributed by atoms with Crippen molar-refractivity contribution < 1.29 is 0 Å². The Kier molecular flexibility index (Phi) is 3.15. The summed E-state index contributed by atoms with van der Waals surface area (Å²) >= 11 is 5.83. The Morgan fingerprint density at radius 3 is 2.76 bits per heavy atom. The summed E-state index contributed by atoms with van der Waals surface area (Å²) in [7, 11) is 0. The largest absolute Gasteiger partial charge is 0.381 e. The first-order chi connectivity index (χ1) is 8.11. The molecule has 0 saturated carbocycles. The van der Waals surface area contributed by atoms with Gasteiger partial charge < -0.3 is 10.3 Å². The SMILES string of the molecule is CCNc1cc(=O)c2ccc(Cl)cc2[nH]c1=O. The van der Waals surface area contributed by atoms with Crippen LogP contribution in [-0.2, 0) is 0 Å². The van der Waals surface area contributed by atoms with Gasteiger partial charge in [0.05, 0.1) is 5.52 Å². The van der Waals surface area contributed by atoms with E-state index in [1.54, 1.807) is 18.2 Å². The smallest absolute Gasteiger partial charge is 0.271 e. The van der Waals surface area contributed by atoms with Gasteiger partial charge in [0, 0.05) is 23.0 Å². The number of anilines is 1. The molecule has 0 aliphatic heterocycles. The minimum Gasteiger partial charge on any atom is -0.381 e. The molecule has 1 aromatic heterocycles. The molecular weight excluding hydrogens is 240 g/mol. The Labute approximate surface area is 102 Å². The van der Waals surface area contributed by atoms with Crippen LogP contribution >= 0.6 is 11.6 Å². The molecule has 0 saturated heterocycles. The quantitative estimate of drug-likeness (QED) is 0.857. The van der Waals surface area contributed by atoms with E-state index in [0.717, 1.165) is 0 Å². The molecule has 0 spiro atoms. The summed E-state index contributed by atoms with van der Waals surface area (Å²) in [5, 5.41) is 3.77. The topological polar surface area (TPSA) is 62.0 Å². The lowest BCUT2D eigenvalue weighted by atomic mass is 10.2. The van der Waals surface area contributed by atoms with E-state index < -0.39 is 0 Å². The van der Waals surface area contributed by atoms with Gasteiger partial charge in [0.1, 0.15) is 5.69 Å². The first-order valence-electron chi connectivity index (χ1n) is 5.22. The number of aromatic amines is 1.